The second kappa shape index (κ2) is 7.33. The largest absolute Gasteiger partial charge is 0.413 e. The van der Waals surface area contributed by atoms with E-state index in [0.29, 0.717) is 16.8 Å². The summed E-state index contributed by atoms with van der Waals surface area (Å²) >= 11 is 3.36. The minimum atomic E-state index is -1.75. The summed E-state index contributed by atoms with van der Waals surface area (Å²) in [6.45, 7) is 11.8. The van der Waals surface area contributed by atoms with E-state index in [-0.39, 0.29) is 5.04 Å². The number of halogens is 2. The van der Waals surface area contributed by atoms with Crippen LogP contribution < -0.4 is 5.32 Å². The van der Waals surface area contributed by atoms with Gasteiger partial charge in [0.15, 0.2) is 8.32 Å². The van der Waals surface area contributed by atoms with Crippen molar-refractivity contribution in [2.45, 2.75) is 45.5 Å². The molecule has 0 aliphatic heterocycles. The Bertz CT molecular complexity index is 699. The van der Waals surface area contributed by atoms with E-state index >= 15 is 0 Å². The van der Waals surface area contributed by atoms with Gasteiger partial charge in [0, 0.05) is 18.0 Å². The first kappa shape index (κ1) is 19.1. The maximum atomic E-state index is 13.2. The number of nitrogens with one attached hydrogen (secondary N) is 1. The quantitative estimate of drug-likeness (QED) is 0.467. The van der Waals surface area contributed by atoms with Crippen LogP contribution in [0.5, 0.6) is 0 Å². The molecule has 0 aliphatic rings. The van der Waals surface area contributed by atoms with Gasteiger partial charge in [-0.05, 0) is 51.8 Å². The average molecular weight is 411 g/mol. The highest BCUT2D eigenvalue weighted by Gasteiger charge is 2.36. The zero-order chi connectivity index (χ0) is 18.0. The molecule has 0 saturated heterocycles. The Morgan fingerprint density at radius 2 is 1.83 bits per heavy atom. The predicted molar refractivity (Wildman–Crippen MR) is 104 cm³/mol. The van der Waals surface area contributed by atoms with Gasteiger partial charge in [-0.15, -0.1) is 0 Å². The van der Waals surface area contributed by atoms with Crippen molar-refractivity contribution < 1.29 is 8.82 Å². The number of benzene rings is 1. The number of aromatic nitrogens is 1. The van der Waals surface area contributed by atoms with Crippen LogP contribution in [0, 0.1) is 5.95 Å². The molecular formula is C18H24BrFN2OSi. The molecule has 3 nitrogen and oxygen atoms in total. The molecule has 2 rings (SSSR count). The number of hydrogen-bond donors (Lipinski definition) is 1. The summed E-state index contributed by atoms with van der Waals surface area (Å²) in [5.74, 6) is -0.514. The standard InChI is InChI=1S/C18H24BrFN2OSi/c1-18(2,3)24(4,5)23-12-13-6-8-14(9-7-13)22-16-10-17(20)21-11-15(16)19/h6-11H,12H2,1-5H3,(H,21,22). The van der Waals surface area contributed by atoms with Crippen molar-refractivity contribution in [3.05, 3.63) is 52.5 Å². The van der Waals surface area contributed by atoms with E-state index in [2.05, 4.69) is 60.1 Å². The lowest BCUT2D eigenvalue weighted by atomic mass is 10.2. The minimum absolute atomic E-state index is 0.201. The lowest BCUT2D eigenvalue weighted by Crippen LogP contribution is -2.40. The second-order valence-corrected chi connectivity index (χ2v) is 13.0. The van der Waals surface area contributed by atoms with E-state index in [1.807, 2.05) is 24.3 Å². The summed E-state index contributed by atoms with van der Waals surface area (Å²) in [6.07, 6.45) is 1.44. The number of hydrogen-bond acceptors (Lipinski definition) is 3. The van der Waals surface area contributed by atoms with Crippen LogP contribution in [0.4, 0.5) is 15.8 Å². The number of rotatable bonds is 5. The monoisotopic (exact) mass is 410 g/mol. The normalized spacial score (nSPS) is 12.3. The van der Waals surface area contributed by atoms with Gasteiger partial charge in [0.2, 0.25) is 5.95 Å². The van der Waals surface area contributed by atoms with E-state index < -0.39 is 14.3 Å². The van der Waals surface area contributed by atoms with Crippen molar-refractivity contribution in [3.8, 4) is 0 Å². The summed E-state index contributed by atoms with van der Waals surface area (Å²) in [7, 11) is -1.75. The Labute approximate surface area is 152 Å². The molecule has 0 unspecified atom stereocenters. The molecule has 0 aliphatic carbocycles. The van der Waals surface area contributed by atoms with E-state index in [1.165, 1.54) is 12.3 Å². The molecule has 1 N–H and O–H groups in total. The maximum absolute atomic E-state index is 13.2. The van der Waals surface area contributed by atoms with E-state index in [9.17, 15) is 4.39 Å². The molecule has 6 heteroatoms. The lowest BCUT2D eigenvalue weighted by molar-refractivity contribution is 0.276. The van der Waals surface area contributed by atoms with Crippen LogP contribution in [0.2, 0.25) is 18.1 Å². The van der Waals surface area contributed by atoms with Crippen molar-refractivity contribution in [1.82, 2.24) is 4.98 Å². The fourth-order valence-corrected chi connectivity index (χ4v) is 3.11. The van der Waals surface area contributed by atoms with Gasteiger partial charge in [0.05, 0.1) is 16.8 Å². The summed E-state index contributed by atoms with van der Waals surface area (Å²) < 4.78 is 20.2. The predicted octanol–water partition coefficient (Wildman–Crippen LogP) is 6.25. The summed E-state index contributed by atoms with van der Waals surface area (Å²) in [5.41, 5.74) is 2.66. The third-order valence-corrected chi connectivity index (χ3v) is 9.57. The minimum Gasteiger partial charge on any atom is -0.413 e. The molecule has 130 valence electrons. The van der Waals surface area contributed by atoms with Crippen LogP contribution >= 0.6 is 15.9 Å². The highest BCUT2D eigenvalue weighted by molar-refractivity contribution is 9.10. The van der Waals surface area contributed by atoms with Gasteiger partial charge in [-0.25, -0.2) is 4.98 Å². The van der Waals surface area contributed by atoms with Gasteiger partial charge in [0.1, 0.15) is 0 Å². The highest BCUT2D eigenvalue weighted by Crippen LogP contribution is 2.37. The molecule has 0 saturated carbocycles. The molecule has 24 heavy (non-hydrogen) atoms. The topological polar surface area (TPSA) is 34.1 Å². The SMILES string of the molecule is CC(C)(C)[Si](C)(C)OCc1ccc(Nc2cc(F)ncc2Br)cc1. The maximum Gasteiger partial charge on any atom is 0.214 e. The van der Waals surface area contributed by atoms with Gasteiger partial charge < -0.3 is 9.74 Å². The van der Waals surface area contributed by atoms with Crippen LogP contribution in [-0.4, -0.2) is 13.3 Å². The second-order valence-electron chi connectivity index (χ2n) is 7.36. The average Bonchev–Trinajstić information content (AvgIpc) is 2.49. The van der Waals surface area contributed by atoms with Gasteiger partial charge in [-0.2, -0.15) is 4.39 Å². The van der Waals surface area contributed by atoms with Crippen molar-refractivity contribution in [3.63, 3.8) is 0 Å². The lowest BCUT2D eigenvalue weighted by Gasteiger charge is -2.36. The Balaban J connectivity index is 2.02. The van der Waals surface area contributed by atoms with Crippen molar-refractivity contribution in [1.29, 1.82) is 0 Å². The van der Waals surface area contributed by atoms with Crippen molar-refractivity contribution >= 4 is 35.6 Å². The number of pyridine rings is 1. The molecule has 0 spiro atoms. The Kier molecular flexibility index (Phi) is 5.83. The molecule has 0 atom stereocenters. The summed E-state index contributed by atoms with van der Waals surface area (Å²) in [6, 6.07) is 9.35. The van der Waals surface area contributed by atoms with Crippen LogP contribution in [-0.2, 0) is 11.0 Å². The molecular weight excluding hydrogens is 387 g/mol. The summed E-state index contributed by atoms with van der Waals surface area (Å²) in [5, 5.41) is 3.38. The van der Waals surface area contributed by atoms with Gasteiger partial charge in [0.25, 0.3) is 0 Å². The van der Waals surface area contributed by atoms with Crippen molar-refractivity contribution in [2.75, 3.05) is 5.32 Å². The molecule has 0 fully saturated rings. The third kappa shape index (κ3) is 4.88. The van der Waals surface area contributed by atoms with E-state index in [1.54, 1.807) is 0 Å². The van der Waals surface area contributed by atoms with E-state index in [4.69, 9.17) is 4.43 Å². The first-order chi connectivity index (χ1) is 11.1. The van der Waals surface area contributed by atoms with Crippen LogP contribution in [0.15, 0.2) is 41.0 Å². The Morgan fingerprint density at radius 1 is 1.21 bits per heavy atom. The third-order valence-electron chi connectivity index (χ3n) is 4.46. The highest BCUT2D eigenvalue weighted by atomic mass is 79.9. The van der Waals surface area contributed by atoms with Crippen LogP contribution in [0.25, 0.3) is 0 Å². The smallest absolute Gasteiger partial charge is 0.214 e. The molecule has 0 bridgehead atoms. The number of anilines is 2. The van der Waals surface area contributed by atoms with Crippen molar-refractivity contribution in [2.24, 2.45) is 0 Å². The molecule has 0 amide bonds. The zero-order valence-electron chi connectivity index (χ0n) is 14.8. The zero-order valence-corrected chi connectivity index (χ0v) is 17.4. The molecule has 1 heterocycles. The fraction of sp³-hybridized carbons (Fsp3) is 0.389. The number of nitrogens with zero attached hydrogens (tertiary/aromatic N) is 1. The van der Waals surface area contributed by atoms with Crippen LogP contribution in [0.3, 0.4) is 0 Å². The first-order valence-corrected chi connectivity index (χ1v) is 11.6. The fourth-order valence-electron chi connectivity index (χ4n) is 1.83. The molecule has 1 aromatic heterocycles. The van der Waals surface area contributed by atoms with Gasteiger partial charge in [-0.3, -0.25) is 0 Å². The Hall–Kier alpha value is -1.24. The van der Waals surface area contributed by atoms with Crippen LogP contribution in [0.1, 0.15) is 26.3 Å². The molecule has 2 aromatic rings. The first-order valence-electron chi connectivity index (χ1n) is 7.89. The Morgan fingerprint density at radius 3 is 2.42 bits per heavy atom. The van der Waals surface area contributed by atoms with E-state index in [0.717, 1.165) is 11.3 Å². The molecule has 0 radical (unpaired) electrons. The van der Waals surface area contributed by atoms with Gasteiger partial charge in [-0.1, -0.05) is 32.9 Å². The molecule has 1 aromatic carbocycles. The van der Waals surface area contributed by atoms with Gasteiger partial charge >= 0.3 is 0 Å². The summed E-state index contributed by atoms with van der Waals surface area (Å²) in [4.78, 5) is 3.60.